The van der Waals surface area contributed by atoms with Crippen LogP contribution in [0.15, 0.2) is 221 Å². The summed E-state index contributed by atoms with van der Waals surface area (Å²) in [6.45, 7) is 21.4. The third kappa shape index (κ3) is 44.5. The van der Waals surface area contributed by atoms with Crippen molar-refractivity contribution in [2.45, 2.75) is 76.2 Å². The van der Waals surface area contributed by atoms with Crippen LogP contribution in [0.25, 0.3) is 0 Å². The van der Waals surface area contributed by atoms with E-state index >= 15 is 0 Å². The maximum Gasteiger partial charge on any atom is 0.147 e. The van der Waals surface area contributed by atoms with Gasteiger partial charge < -0.3 is 0 Å². The van der Waals surface area contributed by atoms with Crippen molar-refractivity contribution in [1.82, 2.24) is 95.4 Å². The first-order valence-corrected chi connectivity index (χ1v) is 23.8. The van der Waals surface area contributed by atoms with Crippen LogP contribution in [0.1, 0.15) is 62.4 Å². The lowest BCUT2D eigenvalue weighted by Gasteiger charge is -1.82. The fraction of sp³-hybridized carbons (Fsp3) is 0.190. The molecule has 11 aromatic rings. The summed E-state index contributed by atoms with van der Waals surface area (Å²) in [5.74, 6) is 2.29. The molecular formula is C58H69N19. The molecule has 0 saturated carbocycles. The number of aromatic nitrogens is 19. The molecule has 19 nitrogen and oxygen atoms in total. The number of aryl methyl sites for hydroxylation is 11. The Bertz CT molecular complexity index is 2210. The smallest absolute Gasteiger partial charge is 0.147 e. The van der Waals surface area contributed by atoms with Gasteiger partial charge in [0, 0.05) is 91.9 Å². The van der Waals surface area contributed by atoms with Crippen molar-refractivity contribution in [1.29, 1.82) is 0 Å². The van der Waals surface area contributed by atoms with Gasteiger partial charge in [-0.1, -0.05) is 48.0 Å². The van der Waals surface area contributed by atoms with Crippen LogP contribution in [-0.4, -0.2) is 95.4 Å². The molecule has 19 heteroatoms. The first-order chi connectivity index (χ1) is 37.3. The Morgan fingerprint density at radius 1 is 0.221 bits per heavy atom. The van der Waals surface area contributed by atoms with Crippen molar-refractivity contribution in [3.63, 3.8) is 0 Å². The van der Waals surface area contributed by atoms with Crippen molar-refractivity contribution in [3.8, 4) is 0 Å². The zero-order valence-electron chi connectivity index (χ0n) is 45.8. The van der Waals surface area contributed by atoms with E-state index in [9.17, 15) is 0 Å². The summed E-state index contributed by atoms with van der Waals surface area (Å²) in [6, 6.07) is 33.4. The van der Waals surface area contributed by atoms with Crippen LogP contribution in [0, 0.1) is 76.2 Å². The summed E-state index contributed by atoms with van der Waals surface area (Å²) < 4.78 is 0. The van der Waals surface area contributed by atoms with Crippen molar-refractivity contribution in [2.75, 3.05) is 0 Å². The molecular weight excluding hydrogens is 963 g/mol. The average Bonchev–Trinajstić information content (AvgIpc) is 3.45. The predicted molar refractivity (Wildman–Crippen MR) is 301 cm³/mol. The van der Waals surface area contributed by atoms with Crippen molar-refractivity contribution < 1.29 is 0 Å². The summed E-state index contributed by atoms with van der Waals surface area (Å²) in [5.41, 5.74) is 9.08. The Labute approximate surface area is 453 Å². The third-order valence-corrected chi connectivity index (χ3v) is 8.18. The van der Waals surface area contributed by atoms with Gasteiger partial charge in [-0.3, -0.25) is 15.0 Å². The van der Waals surface area contributed by atoms with Gasteiger partial charge >= 0.3 is 0 Å². The van der Waals surface area contributed by atoms with Gasteiger partial charge in [-0.2, -0.15) is 25.5 Å². The molecule has 396 valence electrons. The number of pyridine rings is 3. The zero-order chi connectivity index (χ0) is 56.2. The Morgan fingerprint density at radius 3 is 1.04 bits per heavy atom. The average molecular weight is 1030 g/mol. The molecule has 0 N–H and O–H groups in total. The molecule has 10 aromatic heterocycles. The van der Waals surface area contributed by atoms with Gasteiger partial charge in [0.15, 0.2) is 0 Å². The lowest BCUT2D eigenvalue weighted by Crippen LogP contribution is -1.85. The molecule has 77 heavy (non-hydrogen) atoms. The molecule has 0 atom stereocenters. The first-order valence-electron chi connectivity index (χ1n) is 23.8. The monoisotopic (exact) mass is 1030 g/mol. The number of benzene rings is 1. The third-order valence-electron chi connectivity index (χ3n) is 8.18. The van der Waals surface area contributed by atoms with Crippen LogP contribution in [0.5, 0.6) is 0 Å². The topological polar surface area (TPSA) is 245 Å². The van der Waals surface area contributed by atoms with Crippen LogP contribution in [-0.2, 0) is 0 Å². The van der Waals surface area contributed by atoms with Crippen LogP contribution in [0.2, 0.25) is 0 Å². The Kier molecular flexibility index (Phi) is 38.8. The minimum atomic E-state index is 0.711. The van der Waals surface area contributed by atoms with Crippen LogP contribution in [0.3, 0.4) is 0 Å². The molecule has 10 heterocycles. The van der Waals surface area contributed by atoms with Crippen molar-refractivity contribution in [2.24, 2.45) is 0 Å². The standard InChI is InChI=1S/C7H8.3C6H7N.5C5H6N2.2C4H5N3/c1-7-5-3-2-4-6-7;1-6-2-4-7-5-3-6;1-6-3-2-4-7-5-6;1-6-4-2-3-5-7-6;1-5-2-6-4-7-3-5;1-5-2-3-6-4-7-5;1-5-2-3-6-7-4-5;1-5-6-3-2-4-7-5;1-5-3-2-4-6-7-5;1-4-6-2-5-3-7-4;1-4-5-2-3-6-7-4/h2-6H,1H3;3*2-5H,1H3;5*2-4H,1H3;2*2-3H,1H3. The molecule has 11 rings (SSSR count). The maximum atomic E-state index is 3.98. The lowest BCUT2D eigenvalue weighted by molar-refractivity contribution is 0.907. The SMILES string of the molecule is Cc1ccccc1.Cc1ccccn1.Cc1cccnc1.Cc1cccnn1.Cc1ccncc1.Cc1ccncn1.Cc1ccnnc1.Cc1cncnc1.Cc1ncccn1.Cc1nccnn1.Cc1ncncn1. The second-order valence-corrected chi connectivity index (χ2v) is 15.4. The number of hydrogen-bond donors (Lipinski definition) is 0. The van der Waals surface area contributed by atoms with E-state index < -0.39 is 0 Å². The van der Waals surface area contributed by atoms with E-state index in [1.165, 1.54) is 42.0 Å². The van der Waals surface area contributed by atoms with Gasteiger partial charge in [0.25, 0.3) is 0 Å². The van der Waals surface area contributed by atoms with Gasteiger partial charge in [0.05, 0.1) is 18.1 Å². The molecule has 0 aliphatic rings. The van der Waals surface area contributed by atoms with Crippen LogP contribution in [0.4, 0.5) is 0 Å². The highest BCUT2D eigenvalue weighted by Crippen LogP contribution is 1.93. The molecule has 1 aromatic carbocycles. The van der Waals surface area contributed by atoms with Gasteiger partial charge in [-0.25, -0.2) is 49.8 Å². The quantitative estimate of drug-likeness (QED) is 0.137. The highest BCUT2D eigenvalue weighted by molar-refractivity contribution is 5.12. The van der Waals surface area contributed by atoms with Crippen LogP contribution >= 0.6 is 0 Å². The summed E-state index contributed by atoms with van der Waals surface area (Å²) in [6.07, 6.45) is 31.9. The number of hydrogen-bond acceptors (Lipinski definition) is 19. The fourth-order valence-electron chi connectivity index (χ4n) is 4.31. The largest absolute Gasteiger partial charge is 0.265 e. The predicted octanol–water partition coefficient (Wildman–Crippen LogP) is 10.5. The molecule has 0 spiro atoms. The van der Waals surface area contributed by atoms with Gasteiger partial charge in [0.1, 0.15) is 42.8 Å². The van der Waals surface area contributed by atoms with E-state index in [4.69, 9.17) is 0 Å². The Balaban J connectivity index is 0.000000423. The van der Waals surface area contributed by atoms with E-state index in [0.717, 1.165) is 39.9 Å². The molecule has 0 unspecified atom stereocenters. The molecule has 0 aliphatic heterocycles. The minimum Gasteiger partial charge on any atom is -0.265 e. The van der Waals surface area contributed by atoms with Crippen molar-refractivity contribution >= 4 is 0 Å². The number of rotatable bonds is 0. The normalized spacial score (nSPS) is 8.71. The minimum absolute atomic E-state index is 0.711. The zero-order valence-corrected chi connectivity index (χ0v) is 45.8. The van der Waals surface area contributed by atoms with Gasteiger partial charge in [0.2, 0.25) is 0 Å². The van der Waals surface area contributed by atoms with Gasteiger partial charge in [-0.15, -0.1) is 5.10 Å². The second-order valence-electron chi connectivity index (χ2n) is 15.4. The molecule has 0 radical (unpaired) electrons. The summed E-state index contributed by atoms with van der Waals surface area (Å²) in [4.78, 5) is 49.5. The number of nitrogens with zero attached hydrogens (tertiary/aromatic N) is 19. The molecule has 0 amide bonds. The van der Waals surface area contributed by atoms with E-state index in [-0.39, 0.29) is 0 Å². The molecule has 0 fully saturated rings. The first kappa shape index (κ1) is 65.1. The van der Waals surface area contributed by atoms with Gasteiger partial charge in [-0.05, 0) is 159 Å². The lowest BCUT2D eigenvalue weighted by atomic mass is 10.2. The summed E-state index contributed by atoms with van der Waals surface area (Å²) in [5, 5.41) is 21.8. The molecule has 0 saturated heterocycles. The second kappa shape index (κ2) is 45.9. The maximum absolute atomic E-state index is 3.98. The van der Waals surface area contributed by atoms with E-state index in [0.29, 0.717) is 5.82 Å². The van der Waals surface area contributed by atoms with E-state index in [2.05, 4.69) is 114 Å². The van der Waals surface area contributed by atoms with Crippen molar-refractivity contribution in [3.05, 3.63) is 284 Å². The molecule has 0 aliphatic carbocycles. The van der Waals surface area contributed by atoms with E-state index in [1.807, 2.05) is 153 Å². The summed E-state index contributed by atoms with van der Waals surface area (Å²) >= 11 is 0. The highest BCUT2D eigenvalue weighted by atomic mass is 15.1. The molecule has 0 bridgehead atoms. The fourth-order valence-corrected chi connectivity index (χ4v) is 4.31. The van der Waals surface area contributed by atoms with E-state index in [1.54, 1.807) is 99.7 Å². The Hall–Kier alpha value is -9.91. The summed E-state index contributed by atoms with van der Waals surface area (Å²) in [7, 11) is 0. The highest BCUT2D eigenvalue weighted by Gasteiger charge is 1.81. The van der Waals surface area contributed by atoms with Crippen LogP contribution < -0.4 is 0 Å². The Morgan fingerprint density at radius 2 is 0.753 bits per heavy atom.